The van der Waals surface area contributed by atoms with Gasteiger partial charge in [-0.05, 0) is 63.0 Å². The minimum absolute atomic E-state index is 0.0621. The van der Waals surface area contributed by atoms with Crippen molar-refractivity contribution in [3.05, 3.63) is 69.9 Å². The number of amides is 1. The van der Waals surface area contributed by atoms with E-state index in [2.05, 4.69) is 10.2 Å². The van der Waals surface area contributed by atoms with E-state index in [1.54, 1.807) is 0 Å². The SMILES string of the molecule is Cc1ccc2c(C)c(C(=O)NCC(c3ccccc3Cl)N3CCCC3)oc2c1. The van der Waals surface area contributed by atoms with Crippen LogP contribution in [0.3, 0.4) is 0 Å². The molecule has 3 aromatic rings. The van der Waals surface area contributed by atoms with Crippen molar-refractivity contribution in [1.82, 2.24) is 10.2 Å². The first kappa shape index (κ1) is 19.0. The number of furan rings is 1. The van der Waals surface area contributed by atoms with Gasteiger partial charge in [0.15, 0.2) is 5.76 Å². The van der Waals surface area contributed by atoms with Crippen molar-refractivity contribution in [2.45, 2.75) is 32.7 Å². The van der Waals surface area contributed by atoms with Crippen LogP contribution in [0.2, 0.25) is 5.02 Å². The number of carbonyl (C=O) groups is 1. The summed E-state index contributed by atoms with van der Waals surface area (Å²) in [4.78, 5) is 15.3. The van der Waals surface area contributed by atoms with Crippen LogP contribution >= 0.6 is 11.6 Å². The molecular formula is C23H25ClN2O2. The van der Waals surface area contributed by atoms with Crippen LogP contribution in [0.1, 0.15) is 46.1 Å². The van der Waals surface area contributed by atoms with Crippen molar-refractivity contribution in [1.29, 1.82) is 0 Å². The smallest absolute Gasteiger partial charge is 0.287 e. The van der Waals surface area contributed by atoms with E-state index >= 15 is 0 Å². The second-order valence-electron chi connectivity index (χ2n) is 7.55. The Balaban J connectivity index is 1.56. The number of nitrogens with zero attached hydrogens (tertiary/aromatic N) is 1. The van der Waals surface area contributed by atoms with E-state index in [4.69, 9.17) is 16.0 Å². The summed E-state index contributed by atoms with van der Waals surface area (Å²) in [6.07, 6.45) is 2.36. The first-order valence-corrected chi connectivity index (χ1v) is 10.2. The van der Waals surface area contributed by atoms with Crippen LogP contribution in [0.25, 0.3) is 11.0 Å². The molecule has 28 heavy (non-hydrogen) atoms. The summed E-state index contributed by atoms with van der Waals surface area (Å²) in [6, 6.07) is 14.0. The van der Waals surface area contributed by atoms with Gasteiger partial charge in [0.05, 0.1) is 6.04 Å². The molecule has 1 saturated heterocycles. The van der Waals surface area contributed by atoms with E-state index < -0.39 is 0 Å². The van der Waals surface area contributed by atoms with Gasteiger partial charge in [0, 0.05) is 22.5 Å². The highest BCUT2D eigenvalue weighted by Gasteiger charge is 2.26. The van der Waals surface area contributed by atoms with E-state index in [0.717, 1.165) is 45.8 Å². The molecule has 1 fully saturated rings. The predicted octanol–water partition coefficient (Wildman–Crippen LogP) is 5.27. The number of hydrogen-bond donors (Lipinski definition) is 1. The number of fused-ring (bicyclic) bond motifs is 1. The van der Waals surface area contributed by atoms with Crippen LogP contribution in [0.15, 0.2) is 46.9 Å². The highest BCUT2D eigenvalue weighted by atomic mass is 35.5. The number of carbonyl (C=O) groups excluding carboxylic acids is 1. The quantitative estimate of drug-likeness (QED) is 0.639. The zero-order valence-electron chi connectivity index (χ0n) is 16.3. The van der Waals surface area contributed by atoms with Crippen molar-refractivity contribution in [2.75, 3.05) is 19.6 Å². The highest BCUT2D eigenvalue weighted by molar-refractivity contribution is 6.31. The fraction of sp³-hybridized carbons (Fsp3) is 0.348. The lowest BCUT2D eigenvalue weighted by molar-refractivity contribution is 0.0911. The van der Waals surface area contributed by atoms with Crippen molar-refractivity contribution in [3.8, 4) is 0 Å². The molecule has 1 N–H and O–H groups in total. The van der Waals surface area contributed by atoms with Crippen LogP contribution < -0.4 is 5.32 Å². The molecule has 2 aromatic carbocycles. The maximum absolute atomic E-state index is 12.9. The zero-order chi connectivity index (χ0) is 19.7. The lowest BCUT2D eigenvalue weighted by Gasteiger charge is -2.28. The molecule has 5 heteroatoms. The van der Waals surface area contributed by atoms with Gasteiger partial charge in [0.2, 0.25) is 0 Å². The number of hydrogen-bond acceptors (Lipinski definition) is 3. The third-order valence-corrected chi connectivity index (χ3v) is 5.95. The maximum Gasteiger partial charge on any atom is 0.287 e. The molecule has 146 valence electrons. The summed E-state index contributed by atoms with van der Waals surface area (Å²) in [6.45, 7) is 6.49. The Morgan fingerprint density at radius 3 is 2.68 bits per heavy atom. The molecular weight excluding hydrogens is 372 g/mol. The van der Waals surface area contributed by atoms with E-state index in [1.165, 1.54) is 12.8 Å². The van der Waals surface area contributed by atoms with E-state index in [0.29, 0.717) is 12.3 Å². The van der Waals surface area contributed by atoms with Crippen LogP contribution in [0.4, 0.5) is 0 Å². The zero-order valence-corrected chi connectivity index (χ0v) is 17.1. The number of halogens is 1. The van der Waals surface area contributed by atoms with E-state index in [1.807, 2.05) is 56.3 Å². The van der Waals surface area contributed by atoms with Crippen molar-refractivity contribution in [3.63, 3.8) is 0 Å². The average Bonchev–Trinajstić information content (AvgIpc) is 3.31. The lowest BCUT2D eigenvalue weighted by atomic mass is 10.1. The molecule has 1 aliphatic rings. The number of nitrogens with one attached hydrogen (secondary N) is 1. The van der Waals surface area contributed by atoms with Gasteiger partial charge in [-0.3, -0.25) is 9.69 Å². The summed E-state index contributed by atoms with van der Waals surface area (Å²) in [5.41, 5.74) is 3.80. The molecule has 2 heterocycles. The van der Waals surface area contributed by atoms with Crippen molar-refractivity contribution < 1.29 is 9.21 Å². The predicted molar refractivity (Wildman–Crippen MR) is 113 cm³/mol. The van der Waals surface area contributed by atoms with Gasteiger partial charge >= 0.3 is 0 Å². The largest absolute Gasteiger partial charge is 0.451 e. The Morgan fingerprint density at radius 2 is 1.93 bits per heavy atom. The van der Waals surface area contributed by atoms with Gasteiger partial charge in [0.25, 0.3) is 5.91 Å². The fourth-order valence-corrected chi connectivity index (χ4v) is 4.31. The van der Waals surface area contributed by atoms with Gasteiger partial charge in [-0.15, -0.1) is 0 Å². The van der Waals surface area contributed by atoms with Crippen LogP contribution in [0, 0.1) is 13.8 Å². The molecule has 1 amide bonds. The standard InChI is InChI=1S/C23H25ClN2O2/c1-15-9-10-17-16(2)22(28-21(17)13-15)23(27)25-14-20(26-11-5-6-12-26)18-7-3-4-8-19(18)24/h3-4,7-10,13,20H,5-6,11-12,14H2,1-2H3,(H,25,27). The van der Waals surface area contributed by atoms with E-state index in [9.17, 15) is 4.79 Å². The molecule has 0 saturated carbocycles. The van der Waals surface area contributed by atoms with Gasteiger partial charge in [0.1, 0.15) is 5.58 Å². The maximum atomic E-state index is 12.9. The summed E-state index contributed by atoms with van der Waals surface area (Å²) in [7, 11) is 0. The lowest BCUT2D eigenvalue weighted by Crippen LogP contribution is -2.37. The van der Waals surface area contributed by atoms with Crippen LogP contribution in [0.5, 0.6) is 0 Å². The number of benzene rings is 2. The summed E-state index contributed by atoms with van der Waals surface area (Å²) in [5.74, 6) is 0.211. The Morgan fingerprint density at radius 1 is 1.18 bits per heavy atom. The Bertz CT molecular complexity index is 1010. The Kier molecular flexibility index (Phi) is 5.42. The van der Waals surface area contributed by atoms with E-state index in [-0.39, 0.29) is 11.9 Å². The number of likely N-dealkylation sites (tertiary alicyclic amines) is 1. The van der Waals surface area contributed by atoms with Gasteiger partial charge < -0.3 is 9.73 Å². The third kappa shape index (κ3) is 3.67. The fourth-order valence-electron chi connectivity index (χ4n) is 4.05. The monoisotopic (exact) mass is 396 g/mol. The molecule has 1 unspecified atom stereocenters. The minimum atomic E-state index is -0.178. The van der Waals surface area contributed by atoms with Gasteiger partial charge in [-0.2, -0.15) is 0 Å². The topological polar surface area (TPSA) is 45.5 Å². The molecule has 0 aliphatic carbocycles. The molecule has 0 spiro atoms. The molecule has 1 aliphatic heterocycles. The molecule has 4 rings (SSSR count). The first-order valence-electron chi connectivity index (χ1n) is 9.81. The molecule has 1 aromatic heterocycles. The highest BCUT2D eigenvalue weighted by Crippen LogP contribution is 2.30. The molecule has 4 nitrogen and oxygen atoms in total. The van der Waals surface area contributed by atoms with Crippen LogP contribution in [-0.2, 0) is 0 Å². The number of aryl methyl sites for hydroxylation is 2. The second-order valence-corrected chi connectivity index (χ2v) is 7.95. The second kappa shape index (κ2) is 7.98. The Labute approximate surface area is 170 Å². The van der Waals surface area contributed by atoms with Gasteiger partial charge in [-0.25, -0.2) is 0 Å². The Hall–Kier alpha value is -2.30. The minimum Gasteiger partial charge on any atom is -0.451 e. The molecule has 0 radical (unpaired) electrons. The van der Waals surface area contributed by atoms with Gasteiger partial charge in [-0.1, -0.05) is 41.9 Å². The summed E-state index contributed by atoms with van der Waals surface area (Å²) >= 11 is 6.47. The summed E-state index contributed by atoms with van der Waals surface area (Å²) < 4.78 is 5.88. The first-order chi connectivity index (χ1) is 13.5. The van der Waals surface area contributed by atoms with Crippen molar-refractivity contribution >= 4 is 28.5 Å². The summed E-state index contributed by atoms with van der Waals surface area (Å²) in [5, 5.41) is 4.81. The third-order valence-electron chi connectivity index (χ3n) is 5.60. The average molecular weight is 397 g/mol. The normalized spacial score (nSPS) is 15.8. The van der Waals surface area contributed by atoms with Crippen LogP contribution in [-0.4, -0.2) is 30.4 Å². The molecule has 0 bridgehead atoms. The van der Waals surface area contributed by atoms with Crippen molar-refractivity contribution in [2.24, 2.45) is 0 Å². The number of rotatable bonds is 5. The molecule has 1 atom stereocenters.